The molecule has 6 nitrogen and oxygen atoms in total. The van der Waals surface area contributed by atoms with Crippen LogP contribution >= 0.6 is 0 Å². The van der Waals surface area contributed by atoms with Crippen molar-refractivity contribution in [2.24, 2.45) is 5.92 Å². The van der Waals surface area contributed by atoms with Gasteiger partial charge in [0.1, 0.15) is 11.9 Å². The van der Waals surface area contributed by atoms with E-state index in [0.29, 0.717) is 11.5 Å². The molecule has 1 aliphatic rings. The topological polar surface area (TPSA) is 84.0 Å². The quantitative estimate of drug-likeness (QED) is 0.866. The van der Waals surface area contributed by atoms with E-state index in [0.717, 1.165) is 36.9 Å². The standard InChI is InChI=1S/C20H24N4O2/c1-13(22-20(26)15-6-3-4-7-15)19(25)24-17-9-5-8-16(12-17)18-10-11-21-14(2)23-18/h5,8-13,15H,3-4,6-7H2,1-2H3,(H,22,26)(H,24,25)/t13-/m1/s1. The van der Waals surface area contributed by atoms with Gasteiger partial charge in [-0.25, -0.2) is 9.97 Å². The second-order valence-electron chi connectivity index (χ2n) is 6.77. The molecule has 26 heavy (non-hydrogen) atoms. The predicted molar refractivity (Wildman–Crippen MR) is 100 cm³/mol. The van der Waals surface area contributed by atoms with Crippen molar-refractivity contribution in [3.05, 3.63) is 42.4 Å². The molecule has 2 amide bonds. The highest BCUT2D eigenvalue weighted by atomic mass is 16.2. The second kappa shape index (κ2) is 8.08. The fraction of sp³-hybridized carbons (Fsp3) is 0.400. The van der Waals surface area contributed by atoms with Crippen LogP contribution in [-0.2, 0) is 9.59 Å². The lowest BCUT2D eigenvalue weighted by Gasteiger charge is -2.17. The first-order chi connectivity index (χ1) is 12.5. The SMILES string of the molecule is Cc1nccc(-c2cccc(NC(=O)[C@@H](C)NC(=O)C3CCCC3)c2)n1. The highest BCUT2D eigenvalue weighted by Gasteiger charge is 2.25. The fourth-order valence-corrected chi connectivity index (χ4v) is 3.21. The zero-order valence-corrected chi connectivity index (χ0v) is 15.2. The molecular weight excluding hydrogens is 328 g/mol. The number of hydrogen-bond acceptors (Lipinski definition) is 4. The van der Waals surface area contributed by atoms with Crippen molar-refractivity contribution in [1.82, 2.24) is 15.3 Å². The lowest BCUT2D eigenvalue weighted by atomic mass is 10.1. The molecule has 1 fully saturated rings. The van der Waals surface area contributed by atoms with Crippen LogP contribution in [0.3, 0.4) is 0 Å². The third-order valence-electron chi connectivity index (χ3n) is 4.68. The summed E-state index contributed by atoms with van der Waals surface area (Å²) < 4.78 is 0. The van der Waals surface area contributed by atoms with E-state index in [9.17, 15) is 9.59 Å². The molecule has 3 rings (SSSR count). The molecule has 136 valence electrons. The largest absolute Gasteiger partial charge is 0.344 e. The van der Waals surface area contributed by atoms with Gasteiger partial charge in [0.05, 0.1) is 5.69 Å². The van der Waals surface area contributed by atoms with Gasteiger partial charge in [-0.2, -0.15) is 0 Å². The molecular formula is C20H24N4O2. The van der Waals surface area contributed by atoms with Crippen molar-refractivity contribution < 1.29 is 9.59 Å². The summed E-state index contributed by atoms with van der Waals surface area (Å²) in [5.41, 5.74) is 2.37. The van der Waals surface area contributed by atoms with Gasteiger partial charge in [-0.15, -0.1) is 0 Å². The molecule has 1 saturated carbocycles. The lowest BCUT2D eigenvalue weighted by Crippen LogP contribution is -2.43. The van der Waals surface area contributed by atoms with Crippen molar-refractivity contribution in [2.75, 3.05) is 5.32 Å². The first-order valence-corrected chi connectivity index (χ1v) is 9.04. The van der Waals surface area contributed by atoms with E-state index in [1.54, 1.807) is 13.1 Å². The van der Waals surface area contributed by atoms with E-state index < -0.39 is 6.04 Å². The predicted octanol–water partition coefficient (Wildman–Crippen LogP) is 3.09. The van der Waals surface area contributed by atoms with Gasteiger partial charge < -0.3 is 10.6 Å². The number of benzene rings is 1. The van der Waals surface area contributed by atoms with Gasteiger partial charge in [0, 0.05) is 23.4 Å². The van der Waals surface area contributed by atoms with Gasteiger partial charge in [-0.1, -0.05) is 25.0 Å². The van der Waals surface area contributed by atoms with E-state index in [2.05, 4.69) is 20.6 Å². The Labute approximate surface area is 153 Å². The van der Waals surface area contributed by atoms with Gasteiger partial charge in [-0.05, 0) is 44.9 Å². The third kappa shape index (κ3) is 4.45. The summed E-state index contributed by atoms with van der Waals surface area (Å²) in [6.45, 7) is 3.55. The maximum Gasteiger partial charge on any atom is 0.246 e. The molecule has 0 unspecified atom stereocenters. The molecule has 1 atom stereocenters. The Bertz CT molecular complexity index is 800. The summed E-state index contributed by atoms with van der Waals surface area (Å²) in [7, 11) is 0. The fourth-order valence-electron chi connectivity index (χ4n) is 3.21. The Hall–Kier alpha value is -2.76. The number of aryl methyl sites for hydroxylation is 1. The van der Waals surface area contributed by atoms with Crippen molar-refractivity contribution in [2.45, 2.75) is 45.6 Å². The van der Waals surface area contributed by atoms with Gasteiger partial charge in [0.25, 0.3) is 0 Å². The molecule has 1 heterocycles. The van der Waals surface area contributed by atoms with E-state index in [1.165, 1.54) is 0 Å². The summed E-state index contributed by atoms with van der Waals surface area (Å²) in [6.07, 6.45) is 5.73. The molecule has 1 aromatic carbocycles. The van der Waals surface area contributed by atoms with Crippen LogP contribution in [-0.4, -0.2) is 27.8 Å². The molecule has 1 aromatic heterocycles. The number of aromatic nitrogens is 2. The highest BCUT2D eigenvalue weighted by molar-refractivity contribution is 5.97. The summed E-state index contributed by atoms with van der Waals surface area (Å²) in [5.74, 6) is 0.498. The first-order valence-electron chi connectivity index (χ1n) is 9.04. The van der Waals surface area contributed by atoms with Crippen LogP contribution in [0, 0.1) is 12.8 Å². The van der Waals surface area contributed by atoms with Crippen LogP contribution in [0.5, 0.6) is 0 Å². The van der Waals surface area contributed by atoms with Gasteiger partial charge in [0.2, 0.25) is 11.8 Å². The number of rotatable bonds is 5. The minimum atomic E-state index is -0.576. The Morgan fingerprint density at radius 3 is 2.69 bits per heavy atom. The number of amides is 2. The second-order valence-corrected chi connectivity index (χ2v) is 6.77. The van der Waals surface area contributed by atoms with Crippen LogP contribution < -0.4 is 10.6 Å². The minimum absolute atomic E-state index is 0.0182. The van der Waals surface area contributed by atoms with Crippen LogP contribution in [0.15, 0.2) is 36.5 Å². The highest BCUT2D eigenvalue weighted by Crippen LogP contribution is 2.25. The average molecular weight is 352 g/mol. The summed E-state index contributed by atoms with van der Waals surface area (Å²) in [5, 5.41) is 5.69. The summed E-state index contributed by atoms with van der Waals surface area (Å²) >= 11 is 0. The van der Waals surface area contributed by atoms with Gasteiger partial charge in [0.15, 0.2) is 0 Å². The maximum atomic E-state index is 12.4. The van der Waals surface area contributed by atoms with Crippen LogP contribution in [0.1, 0.15) is 38.4 Å². The Morgan fingerprint density at radius 1 is 1.19 bits per heavy atom. The van der Waals surface area contributed by atoms with Crippen LogP contribution in [0.2, 0.25) is 0 Å². The van der Waals surface area contributed by atoms with E-state index in [1.807, 2.05) is 37.3 Å². The monoisotopic (exact) mass is 352 g/mol. The minimum Gasteiger partial charge on any atom is -0.344 e. The van der Waals surface area contributed by atoms with E-state index >= 15 is 0 Å². The zero-order valence-electron chi connectivity index (χ0n) is 15.2. The smallest absolute Gasteiger partial charge is 0.246 e. The van der Waals surface area contributed by atoms with E-state index in [4.69, 9.17) is 0 Å². The molecule has 0 saturated heterocycles. The van der Waals surface area contributed by atoms with Gasteiger partial charge >= 0.3 is 0 Å². The Morgan fingerprint density at radius 2 is 1.96 bits per heavy atom. The molecule has 0 spiro atoms. The van der Waals surface area contributed by atoms with Crippen molar-refractivity contribution in [3.63, 3.8) is 0 Å². The lowest BCUT2D eigenvalue weighted by molar-refractivity contribution is -0.128. The number of hydrogen-bond donors (Lipinski definition) is 2. The number of nitrogens with one attached hydrogen (secondary N) is 2. The summed E-state index contributed by atoms with van der Waals surface area (Å²) in [4.78, 5) is 33.1. The number of carbonyl (C=O) groups is 2. The molecule has 2 N–H and O–H groups in total. The number of anilines is 1. The Kier molecular flexibility index (Phi) is 5.61. The normalized spacial score (nSPS) is 15.5. The zero-order chi connectivity index (χ0) is 18.5. The van der Waals surface area contributed by atoms with Gasteiger partial charge in [-0.3, -0.25) is 9.59 Å². The summed E-state index contributed by atoms with van der Waals surface area (Å²) in [6, 6.07) is 8.74. The molecule has 0 bridgehead atoms. The molecule has 0 radical (unpaired) electrons. The van der Waals surface area contributed by atoms with Crippen molar-refractivity contribution >= 4 is 17.5 Å². The third-order valence-corrected chi connectivity index (χ3v) is 4.68. The molecule has 6 heteroatoms. The number of carbonyl (C=O) groups excluding carboxylic acids is 2. The van der Waals surface area contributed by atoms with Crippen molar-refractivity contribution in [3.8, 4) is 11.3 Å². The van der Waals surface area contributed by atoms with Crippen molar-refractivity contribution in [1.29, 1.82) is 0 Å². The Balaban J connectivity index is 1.63. The number of nitrogens with zero attached hydrogens (tertiary/aromatic N) is 2. The maximum absolute atomic E-state index is 12.4. The average Bonchev–Trinajstić information content (AvgIpc) is 3.16. The molecule has 0 aliphatic heterocycles. The first kappa shape index (κ1) is 18.0. The molecule has 2 aromatic rings. The van der Waals surface area contributed by atoms with Crippen LogP contribution in [0.25, 0.3) is 11.3 Å². The molecule has 1 aliphatic carbocycles. The van der Waals surface area contributed by atoms with E-state index in [-0.39, 0.29) is 17.7 Å². The van der Waals surface area contributed by atoms with Crippen LogP contribution in [0.4, 0.5) is 5.69 Å².